The Labute approximate surface area is 158 Å². The molecule has 0 spiro atoms. The summed E-state index contributed by atoms with van der Waals surface area (Å²) in [7, 11) is -8.68. The van der Waals surface area contributed by atoms with Crippen molar-refractivity contribution in [2.45, 2.75) is 23.0 Å². The number of benzene rings is 2. The molecule has 12 heteroatoms. The predicted octanol–water partition coefficient (Wildman–Crippen LogP) is 2.13. The van der Waals surface area contributed by atoms with Gasteiger partial charge in [-0.25, -0.2) is 30.0 Å². The number of hydrogen-bond donors (Lipinski definition) is 2. The molecule has 0 unspecified atom stereocenters. The summed E-state index contributed by atoms with van der Waals surface area (Å²) in [5.74, 6) is -4.63. The van der Waals surface area contributed by atoms with E-state index in [1.165, 1.54) is 0 Å². The van der Waals surface area contributed by atoms with Crippen molar-refractivity contribution in [2.24, 2.45) is 0 Å². The summed E-state index contributed by atoms with van der Waals surface area (Å²) in [5, 5.41) is 1.30. The first-order valence-electron chi connectivity index (χ1n) is 7.83. The zero-order valence-corrected chi connectivity index (χ0v) is 15.6. The SMILES string of the molecule is O=C(Nc1ccc(F)c(F)c1)c1cc(S(=O)(=O)NS(=O)(=O)C2CC2)ccc1F. The van der Waals surface area contributed by atoms with Gasteiger partial charge in [-0.15, -0.1) is 4.13 Å². The summed E-state index contributed by atoms with van der Waals surface area (Å²) in [6, 6.07) is 4.56. The second-order valence-electron chi connectivity index (χ2n) is 6.06. The molecule has 0 radical (unpaired) electrons. The Morgan fingerprint density at radius 1 is 0.893 bits per heavy atom. The zero-order valence-electron chi connectivity index (χ0n) is 13.9. The van der Waals surface area contributed by atoms with Gasteiger partial charge in [-0.05, 0) is 43.2 Å². The highest BCUT2D eigenvalue weighted by molar-refractivity contribution is 8.05. The number of anilines is 1. The summed E-state index contributed by atoms with van der Waals surface area (Å²) >= 11 is 0. The van der Waals surface area contributed by atoms with Gasteiger partial charge in [0.1, 0.15) is 5.82 Å². The molecule has 0 saturated heterocycles. The Bertz CT molecular complexity index is 1160. The van der Waals surface area contributed by atoms with Crippen molar-refractivity contribution >= 4 is 31.6 Å². The highest BCUT2D eigenvalue weighted by Crippen LogP contribution is 2.28. The Balaban J connectivity index is 1.88. The van der Waals surface area contributed by atoms with E-state index in [1.807, 2.05) is 0 Å². The fourth-order valence-electron chi connectivity index (χ4n) is 2.27. The highest BCUT2D eigenvalue weighted by Gasteiger charge is 2.39. The van der Waals surface area contributed by atoms with Gasteiger partial charge in [-0.3, -0.25) is 4.79 Å². The van der Waals surface area contributed by atoms with Crippen LogP contribution in [-0.4, -0.2) is 28.0 Å². The monoisotopic (exact) mass is 434 g/mol. The first kappa shape index (κ1) is 20.3. The number of sulfonamides is 2. The minimum Gasteiger partial charge on any atom is -0.322 e. The lowest BCUT2D eigenvalue weighted by Crippen LogP contribution is -2.33. The van der Waals surface area contributed by atoms with Crippen molar-refractivity contribution in [2.75, 3.05) is 5.32 Å². The van der Waals surface area contributed by atoms with Gasteiger partial charge in [-0.2, -0.15) is 0 Å². The van der Waals surface area contributed by atoms with Gasteiger partial charge >= 0.3 is 0 Å². The number of hydrogen-bond acceptors (Lipinski definition) is 5. The molecule has 0 atom stereocenters. The predicted molar refractivity (Wildman–Crippen MR) is 93.0 cm³/mol. The van der Waals surface area contributed by atoms with Gasteiger partial charge < -0.3 is 5.32 Å². The molecule has 1 fully saturated rings. The molecule has 0 heterocycles. The number of amides is 1. The summed E-state index contributed by atoms with van der Waals surface area (Å²) in [6.45, 7) is 0. The van der Waals surface area contributed by atoms with Crippen LogP contribution >= 0.6 is 0 Å². The number of nitrogens with one attached hydrogen (secondary N) is 2. The zero-order chi connectivity index (χ0) is 20.7. The van der Waals surface area contributed by atoms with Crippen LogP contribution in [0.25, 0.3) is 0 Å². The number of rotatable bonds is 6. The van der Waals surface area contributed by atoms with Crippen molar-refractivity contribution < 1.29 is 34.8 Å². The van der Waals surface area contributed by atoms with Crippen LogP contribution in [0.2, 0.25) is 0 Å². The molecule has 28 heavy (non-hydrogen) atoms. The fraction of sp³-hybridized carbons (Fsp3) is 0.188. The van der Waals surface area contributed by atoms with E-state index in [2.05, 4.69) is 5.32 Å². The van der Waals surface area contributed by atoms with Crippen molar-refractivity contribution in [3.05, 3.63) is 59.4 Å². The van der Waals surface area contributed by atoms with Crippen molar-refractivity contribution in [3.63, 3.8) is 0 Å². The molecule has 1 amide bonds. The van der Waals surface area contributed by atoms with Gasteiger partial charge in [0, 0.05) is 11.8 Å². The van der Waals surface area contributed by atoms with E-state index in [0.717, 1.165) is 18.2 Å². The summed E-state index contributed by atoms with van der Waals surface area (Å²) in [4.78, 5) is 11.6. The lowest BCUT2D eigenvalue weighted by molar-refractivity contribution is 0.102. The van der Waals surface area contributed by atoms with E-state index in [0.29, 0.717) is 31.0 Å². The Hall–Kier alpha value is -2.44. The molecule has 7 nitrogen and oxygen atoms in total. The van der Waals surface area contributed by atoms with Gasteiger partial charge in [-0.1, -0.05) is 0 Å². The maximum atomic E-state index is 14.0. The molecule has 1 saturated carbocycles. The molecule has 1 aliphatic rings. The molecule has 1 aliphatic carbocycles. The van der Waals surface area contributed by atoms with E-state index in [9.17, 15) is 34.8 Å². The second-order valence-corrected chi connectivity index (χ2v) is 9.96. The summed E-state index contributed by atoms with van der Waals surface area (Å²) in [5.41, 5.74) is -0.914. The molecule has 0 aliphatic heterocycles. The van der Waals surface area contributed by atoms with E-state index in [1.54, 1.807) is 4.13 Å². The number of carbonyl (C=O) groups is 1. The maximum absolute atomic E-state index is 14.0. The first-order chi connectivity index (χ1) is 13.0. The first-order valence-corrected chi connectivity index (χ1v) is 10.9. The topological polar surface area (TPSA) is 109 Å². The molecule has 0 bridgehead atoms. The van der Waals surface area contributed by atoms with Crippen molar-refractivity contribution in [3.8, 4) is 0 Å². The quantitative estimate of drug-likeness (QED) is 0.724. The third-order valence-electron chi connectivity index (χ3n) is 3.86. The minimum atomic E-state index is -4.58. The number of halogens is 3. The van der Waals surface area contributed by atoms with Gasteiger partial charge in [0.15, 0.2) is 11.6 Å². The molecule has 2 aromatic carbocycles. The summed E-state index contributed by atoms with van der Waals surface area (Å²) in [6.07, 6.45) is 0.659. The van der Waals surface area contributed by atoms with Crippen LogP contribution in [0, 0.1) is 17.5 Å². The van der Waals surface area contributed by atoms with Gasteiger partial charge in [0.05, 0.1) is 15.7 Å². The maximum Gasteiger partial charge on any atom is 0.258 e. The smallest absolute Gasteiger partial charge is 0.258 e. The number of carbonyl (C=O) groups excluding carboxylic acids is 1. The van der Waals surface area contributed by atoms with Gasteiger partial charge in [0.25, 0.3) is 15.9 Å². The third-order valence-corrected chi connectivity index (χ3v) is 7.89. The fourth-order valence-corrected chi connectivity index (χ4v) is 5.69. The van der Waals surface area contributed by atoms with Crippen LogP contribution in [0.4, 0.5) is 18.9 Å². The normalized spacial score (nSPS) is 14.7. The minimum absolute atomic E-state index is 0.189. The molecule has 0 aromatic heterocycles. The van der Waals surface area contributed by atoms with Crippen LogP contribution in [-0.2, 0) is 20.0 Å². The molecule has 2 N–H and O–H groups in total. The average Bonchev–Trinajstić information content (AvgIpc) is 3.43. The molecule has 3 rings (SSSR count). The van der Waals surface area contributed by atoms with E-state index in [-0.39, 0.29) is 5.69 Å². The molecular formula is C16H13F3N2O5S2. The summed E-state index contributed by atoms with van der Waals surface area (Å²) < 4.78 is 90.0. The molecular weight excluding hydrogens is 421 g/mol. The highest BCUT2D eigenvalue weighted by atomic mass is 32.3. The Kier molecular flexibility index (Phi) is 5.21. The van der Waals surface area contributed by atoms with Crippen molar-refractivity contribution in [1.82, 2.24) is 4.13 Å². The van der Waals surface area contributed by atoms with Crippen LogP contribution in [0.5, 0.6) is 0 Å². The molecule has 2 aromatic rings. The average molecular weight is 434 g/mol. The van der Waals surface area contributed by atoms with Crippen LogP contribution in [0.3, 0.4) is 0 Å². The van der Waals surface area contributed by atoms with Crippen LogP contribution < -0.4 is 9.44 Å². The van der Waals surface area contributed by atoms with Crippen LogP contribution in [0.15, 0.2) is 41.3 Å². The third kappa shape index (κ3) is 4.34. The van der Waals surface area contributed by atoms with Crippen LogP contribution in [0.1, 0.15) is 23.2 Å². The largest absolute Gasteiger partial charge is 0.322 e. The second kappa shape index (κ2) is 7.18. The van der Waals surface area contributed by atoms with Crippen molar-refractivity contribution in [1.29, 1.82) is 0 Å². The van der Waals surface area contributed by atoms with E-state index < -0.39 is 59.1 Å². The van der Waals surface area contributed by atoms with Gasteiger partial charge in [0.2, 0.25) is 10.0 Å². The van der Waals surface area contributed by atoms with E-state index in [4.69, 9.17) is 0 Å². The lowest BCUT2D eigenvalue weighted by atomic mass is 10.2. The standard InChI is InChI=1S/C16H13F3N2O5S2/c17-13-6-4-11(28(25,26)21-27(23,24)10-2-3-10)8-12(13)16(22)20-9-1-5-14(18)15(19)7-9/h1,4-8,10,21H,2-3H2,(H,20,22). The molecule has 150 valence electrons. The lowest BCUT2D eigenvalue weighted by Gasteiger charge is -2.10. The Morgan fingerprint density at radius 2 is 1.54 bits per heavy atom. The Morgan fingerprint density at radius 3 is 2.14 bits per heavy atom. The van der Waals surface area contributed by atoms with E-state index >= 15 is 0 Å².